The number of carbonyl (C=O) groups is 3. The predicted octanol–water partition coefficient (Wildman–Crippen LogP) is 10.3. The molecule has 11 nitrogen and oxygen atoms in total. The average Bonchev–Trinajstić information content (AvgIpc) is 3.46. The van der Waals surface area contributed by atoms with Crippen LogP contribution in [0.4, 0.5) is 34.1 Å². The molecule has 0 atom stereocenters. The molecule has 0 radical (unpaired) electrons. The van der Waals surface area contributed by atoms with Crippen LogP contribution in [-0.2, 0) is 20.4 Å². The highest BCUT2D eigenvalue weighted by atomic mass is 28.4. The van der Waals surface area contributed by atoms with Crippen molar-refractivity contribution in [3.63, 3.8) is 0 Å². The van der Waals surface area contributed by atoms with Gasteiger partial charge >= 0.3 is 18.4 Å². The largest absolute Gasteiger partial charge is 0.444 e. The highest BCUT2D eigenvalue weighted by molar-refractivity contribution is 6.74. The number of hydrogen-bond donors (Lipinski definition) is 2. The van der Waals surface area contributed by atoms with Crippen molar-refractivity contribution in [3.05, 3.63) is 59.8 Å². The maximum atomic E-state index is 14.0. The number of fused-ring (bicyclic) bond motifs is 1. The fourth-order valence-electron chi connectivity index (χ4n) is 6.27. The number of nitrogens with zero attached hydrogens (tertiary/aromatic N) is 3. The molecule has 1 aliphatic rings. The molecule has 60 heavy (non-hydrogen) atoms. The van der Waals surface area contributed by atoms with E-state index in [1.54, 1.807) is 68.1 Å². The van der Waals surface area contributed by atoms with E-state index in [1.807, 2.05) is 26.8 Å². The number of benzene rings is 2. The number of aromatic nitrogens is 1. The smallest absolute Gasteiger partial charge is 0.415 e. The fraction of sp³-hybridized carbons (Fsp3) is 0.578. The van der Waals surface area contributed by atoms with Gasteiger partial charge in [0.2, 0.25) is 0 Å². The third-order valence-corrected chi connectivity index (χ3v) is 15.0. The van der Waals surface area contributed by atoms with Gasteiger partial charge < -0.3 is 34.0 Å². The third kappa shape index (κ3) is 14.2. The zero-order chi connectivity index (χ0) is 44.7. The van der Waals surface area contributed by atoms with Gasteiger partial charge in [0, 0.05) is 54.6 Å². The average molecular weight is 856 g/mol. The summed E-state index contributed by atoms with van der Waals surface area (Å²) in [6, 6.07) is 13.2. The molecular formula is C45H64F3N5O6Si. The van der Waals surface area contributed by atoms with E-state index in [0.717, 1.165) is 17.4 Å². The Morgan fingerprint density at radius 3 is 2.10 bits per heavy atom. The zero-order valence-corrected chi connectivity index (χ0v) is 38.2. The van der Waals surface area contributed by atoms with E-state index < -0.39 is 38.3 Å². The number of unbranched alkanes of at least 4 members (excludes halogenated alkanes) is 1. The molecule has 15 heteroatoms. The van der Waals surface area contributed by atoms with Crippen molar-refractivity contribution in [1.82, 2.24) is 14.8 Å². The molecule has 2 heterocycles. The molecule has 1 aliphatic heterocycles. The fourth-order valence-corrected chi connectivity index (χ4v) is 7.36. The first-order chi connectivity index (χ1) is 27.7. The summed E-state index contributed by atoms with van der Waals surface area (Å²) in [5.41, 5.74) is 0.491. The van der Waals surface area contributed by atoms with Crippen LogP contribution in [0.2, 0.25) is 18.1 Å². The van der Waals surface area contributed by atoms with Crippen LogP contribution in [0.25, 0.3) is 10.9 Å². The minimum atomic E-state index is -4.53. The van der Waals surface area contributed by atoms with Crippen LogP contribution in [0.3, 0.4) is 0 Å². The molecule has 2 N–H and O–H groups in total. The second-order valence-corrected chi connectivity index (χ2v) is 23.7. The highest BCUT2D eigenvalue weighted by Crippen LogP contribution is 2.37. The van der Waals surface area contributed by atoms with Crippen LogP contribution in [-0.4, -0.2) is 92.1 Å². The summed E-state index contributed by atoms with van der Waals surface area (Å²) in [6.07, 6.45) is -2.75. The first kappa shape index (κ1) is 48.0. The van der Waals surface area contributed by atoms with Gasteiger partial charge in [0.25, 0.3) is 5.91 Å². The number of ether oxygens (including phenoxy) is 2. The van der Waals surface area contributed by atoms with E-state index in [2.05, 4.69) is 56.3 Å². The summed E-state index contributed by atoms with van der Waals surface area (Å²) < 4.78 is 60.5. The van der Waals surface area contributed by atoms with Crippen molar-refractivity contribution in [2.75, 3.05) is 43.0 Å². The van der Waals surface area contributed by atoms with Crippen LogP contribution in [0.5, 0.6) is 0 Å². The van der Waals surface area contributed by atoms with Crippen LogP contribution in [0.15, 0.2) is 48.5 Å². The number of likely N-dealkylation sites (tertiary alicyclic amines) is 1. The van der Waals surface area contributed by atoms with Crippen molar-refractivity contribution in [2.45, 2.75) is 136 Å². The minimum Gasteiger partial charge on any atom is -0.444 e. The molecule has 1 saturated heterocycles. The number of alkyl halides is 3. The maximum Gasteiger partial charge on any atom is 0.415 e. The molecule has 4 rings (SSSR count). The van der Waals surface area contributed by atoms with E-state index in [9.17, 15) is 27.6 Å². The lowest BCUT2D eigenvalue weighted by Crippen LogP contribution is -2.44. The molecule has 1 fully saturated rings. The summed E-state index contributed by atoms with van der Waals surface area (Å²) in [5, 5.41) is 7.12. The molecule has 2 aromatic carbocycles. The lowest BCUT2D eigenvalue weighted by atomic mass is 10.0. The van der Waals surface area contributed by atoms with E-state index in [1.165, 1.54) is 4.90 Å². The number of piperidine rings is 1. The number of hydrogen-bond acceptors (Lipinski definition) is 7. The lowest BCUT2D eigenvalue weighted by Gasteiger charge is -2.36. The maximum absolute atomic E-state index is 14.0. The number of carbonyl (C=O) groups excluding carboxylic acids is 3. The van der Waals surface area contributed by atoms with Crippen molar-refractivity contribution in [2.24, 2.45) is 0 Å². The van der Waals surface area contributed by atoms with Crippen LogP contribution in [0, 0.1) is 11.8 Å². The first-order valence-electron chi connectivity index (χ1n) is 20.7. The summed E-state index contributed by atoms with van der Waals surface area (Å²) >= 11 is 0. The Hall–Kier alpha value is -4.68. The standard InChI is InChI=1S/C45H64F3N5O6Si/c1-42(2,3)58-40(55)51-27-23-33(24-28-51)50-37-17-14-18-38-36(37)30-35(53(38)31-45(46,47)48)16-15-26-52(41(56)59-43(4,5)6)34-21-19-32(20-22-34)39(54)49-25-12-13-29-57-60(10,11)44(7,8)9/h14,17-22,30,33,50H,12-13,23-29,31H2,1-11H3,(H,49,54). The van der Waals surface area contributed by atoms with Gasteiger partial charge in [0.05, 0.1) is 17.8 Å². The lowest BCUT2D eigenvalue weighted by molar-refractivity contribution is -0.140. The van der Waals surface area contributed by atoms with Gasteiger partial charge in [-0.1, -0.05) is 32.8 Å². The Kier molecular flexibility index (Phi) is 15.5. The normalized spacial score (nSPS) is 14.3. The molecule has 0 saturated carbocycles. The van der Waals surface area contributed by atoms with Crippen molar-refractivity contribution in [3.8, 4) is 11.8 Å². The number of nitrogens with one attached hydrogen (secondary N) is 2. The van der Waals surface area contributed by atoms with Gasteiger partial charge in [-0.2, -0.15) is 13.2 Å². The monoisotopic (exact) mass is 855 g/mol. The van der Waals surface area contributed by atoms with Crippen molar-refractivity contribution in [1.29, 1.82) is 0 Å². The number of anilines is 2. The van der Waals surface area contributed by atoms with E-state index in [-0.39, 0.29) is 35.3 Å². The van der Waals surface area contributed by atoms with Gasteiger partial charge in [-0.25, -0.2) is 9.59 Å². The Bertz CT molecular complexity index is 2010. The summed E-state index contributed by atoms with van der Waals surface area (Å²) in [5.74, 6) is 5.56. The molecule has 3 amide bonds. The molecule has 0 unspecified atom stereocenters. The summed E-state index contributed by atoms with van der Waals surface area (Å²) in [7, 11) is -1.83. The van der Waals surface area contributed by atoms with Crippen LogP contribution < -0.4 is 15.5 Å². The van der Waals surface area contributed by atoms with Crippen LogP contribution in [0.1, 0.15) is 104 Å². The minimum absolute atomic E-state index is 0.0212. The number of rotatable bonds is 12. The summed E-state index contributed by atoms with van der Waals surface area (Å²) in [4.78, 5) is 42.0. The highest BCUT2D eigenvalue weighted by Gasteiger charge is 2.37. The third-order valence-electron chi connectivity index (χ3n) is 10.4. The number of halogens is 3. The second kappa shape index (κ2) is 19.4. The quantitative estimate of drug-likeness (QED) is 0.106. The molecule has 1 aromatic heterocycles. The van der Waals surface area contributed by atoms with Gasteiger partial charge in [0.15, 0.2) is 8.32 Å². The molecule has 3 aromatic rings. The van der Waals surface area contributed by atoms with E-state index in [0.29, 0.717) is 66.9 Å². The van der Waals surface area contributed by atoms with Crippen molar-refractivity contribution < 1.29 is 41.5 Å². The van der Waals surface area contributed by atoms with Gasteiger partial charge in [-0.3, -0.25) is 9.69 Å². The van der Waals surface area contributed by atoms with E-state index in [4.69, 9.17) is 13.9 Å². The Morgan fingerprint density at radius 2 is 1.52 bits per heavy atom. The number of amides is 3. The molecular weight excluding hydrogens is 792 g/mol. The Labute approximate surface area is 354 Å². The Morgan fingerprint density at radius 1 is 0.883 bits per heavy atom. The predicted molar refractivity (Wildman–Crippen MR) is 234 cm³/mol. The molecule has 0 bridgehead atoms. The first-order valence-corrected chi connectivity index (χ1v) is 23.6. The van der Waals surface area contributed by atoms with E-state index >= 15 is 0 Å². The zero-order valence-electron chi connectivity index (χ0n) is 37.2. The Balaban J connectivity index is 1.49. The second-order valence-electron chi connectivity index (χ2n) is 18.8. The van der Waals surface area contributed by atoms with Gasteiger partial charge in [-0.05, 0) is 134 Å². The van der Waals surface area contributed by atoms with Gasteiger partial charge in [-0.15, -0.1) is 0 Å². The topological polar surface area (TPSA) is 114 Å². The molecule has 330 valence electrons. The van der Waals surface area contributed by atoms with Gasteiger partial charge in [0.1, 0.15) is 17.7 Å². The van der Waals surface area contributed by atoms with Crippen LogP contribution >= 0.6 is 0 Å². The van der Waals surface area contributed by atoms with Crippen molar-refractivity contribution >= 4 is 48.7 Å². The summed E-state index contributed by atoms with van der Waals surface area (Å²) in [6.45, 7) is 22.3. The SMILES string of the molecule is CC(C)(C)OC(=O)N1CCC(Nc2cccc3c2cc(C#CCN(C(=O)OC(C)(C)C)c2ccc(C(=O)NCCCCO[Si](C)(C)C(C)(C)C)cc2)n3CC(F)(F)F)CC1. The molecule has 0 spiro atoms. The molecule has 0 aliphatic carbocycles.